The number of hydrazone groups is 1. The van der Waals surface area contributed by atoms with Crippen molar-refractivity contribution < 1.29 is 0 Å². The molecular weight excluding hydrogens is 292 g/mol. The Balaban J connectivity index is 1.30. The highest BCUT2D eigenvalue weighted by Crippen LogP contribution is 2.56. The van der Waals surface area contributed by atoms with Gasteiger partial charge in [-0.2, -0.15) is 5.10 Å². The van der Waals surface area contributed by atoms with E-state index in [0.717, 1.165) is 29.4 Å². The van der Waals surface area contributed by atoms with E-state index in [4.69, 9.17) is 12.2 Å². The minimum atomic E-state index is 0.499. The fourth-order valence-electron chi connectivity index (χ4n) is 4.52. The Morgan fingerprint density at radius 2 is 2.27 bits per heavy atom. The van der Waals surface area contributed by atoms with Gasteiger partial charge in [-0.05, 0) is 67.3 Å². The predicted molar refractivity (Wildman–Crippen MR) is 91.4 cm³/mol. The lowest BCUT2D eigenvalue weighted by Gasteiger charge is -2.32. The Morgan fingerprint density at radius 1 is 1.32 bits per heavy atom. The molecule has 2 N–H and O–H groups in total. The Morgan fingerprint density at radius 3 is 3.14 bits per heavy atom. The predicted octanol–water partition coefficient (Wildman–Crippen LogP) is 2.48. The third-order valence-corrected chi connectivity index (χ3v) is 5.59. The van der Waals surface area contributed by atoms with Crippen LogP contribution in [0.1, 0.15) is 25.0 Å². The minimum absolute atomic E-state index is 0.499. The van der Waals surface area contributed by atoms with Crippen LogP contribution in [-0.4, -0.2) is 22.4 Å². The summed E-state index contributed by atoms with van der Waals surface area (Å²) in [5.41, 5.74) is 3.73. The third-order valence-electron chi connectivity index (χ3n) is 5.38. The lowest BCUT2D eigenvalue weighted by molar-refractivity contribution is 0.246. The van der Waals surface area contributed by atoms with E-state index in [-0.39, 0.29) is 0 Å². The molecule has 5 atom stereocenters. The highest BCUT2D eigenvalue weighted by molar-refractivity contribution is 7.80. The maximum absolute atomic E-state index is 5.37. The van der Waals surface area contributed by atoms with Crippen LogP contribution in [0.25, 0.3) is 0 Å². The number of fused-ring (bicyclic) bond motifs is 5. The van der Waals surface area contributed by atoms with E-state index >= 15 is 0 Å². The fourth-order valence-corrected chi connectivity index (χ4v) is 4.73. The number of aromatic nitrogens is 1. The largest absolute Gasteiger partial charge is 0.358 e. The molecule has 0 spiro atoms. The van der Waals surface area contributed by atoms with Gasteiger partial charge in [0.05, 0.1) is 11.9 Å². The summed E-state index contributed by atoms with van der Waals surface area (Å²) in [6.07, 6.45) is 12.1. The lowest BCUT2D eigenvalue weighted by Crippen LogP contribution is -2.45. The molecule has 1 heterocycles. The van der Waals surface area contributed by atoms with Crippen LogP contribution in [0.5, 0.6) is 0 Å². The molecule has 0 radical (unpaired) electrons. The molecule has 0 aromatic carbocycles. The van der Waals surface area contributed by atoms with E-state index in [2.05, 4.69) is 33.0 Å². The Labute approximate surface area is 136 Å². The van der Waals surface area contributed by atoms with Crippen molar-refractivity contribution in [3.8, 4) is 0 Å². The summed E-state index contributed by atoms with van der Waals surface area (Å²) in [7, 11) is 0. The first-order valence-electron chi connectivity index (χ1n) is 7.98. The van der Waals surface area contributed by atoms with Crippen LogP contribution in [0.15, 0.2) is 41.6 Å². The molecular formula is C17H20N4S. The van der Waals surface area contributed by atoms with Crippen molar-refractivity contribution in [2.75, 3.05) is 0 Å². The molecule has 22 heavy (non-hydrogen) atoms. The highest BCUT2D eigenvalue weighted by Gasteiger charge is 2.52. The van der Waals surface area contributed by atoms with Crippen LogP contribution in [-0.2, 0) is 0 Å². The van der Waals surface area contributed by atoms with E-state index in [1.54, 1.807) is 12.4 Å². The Bertz CT molecular complexity index is 612. The molecule has 0 saturated heterocycles. The quantitative estimate of drug-likeness (QED) is 0.390. The monoisotopic (exact) mass is 312 g/mol. The number of hydrogen-bond donors (Lipinski definition) is 2. The van der Waals surface area contributed by atoms with Crippen molar-refractivity contribution in [1.29, 1.82) is 0 Å². The van der Waals surface area contributed by atoms with Crippen molar-refractivity contribution in [2.45, 2.75) is 25.3 Å². The van der Waals surface area contributed by atoms with Gasteiger partial charge in [0, 0.05) is 12.2 Å². The summed E-state index contributed by atoms with van der Waals surface area (Å²) in [4.78, 5) is 4.19. The van der Waals surface area contributed by atoms with Crippen molar-refractivity contribution in [3.05, 3.63) is 42.2 Å². The van der Waals surface area contributed by atoms with Crippen molar-refractivity contribution in [1.82, 2.24) is 15.7 Å². The molecule has 5 heteroatoms. The number of thiocarbonyl (C=S) groups is 1. The summed E-state index contributed by atoms with van der Waals surface area (Å²) in [5.74, 6) is 3.30. The second-order valence-electron chi connectivity index (χ2n) is 6.50. The number of allylic oxidation sites excluding steroid dienone is 2. The molecule has 0 amide bonds. The number of hydrogen-bond acceptors (Lipinski definition) is 3. The van der Waals surface area contributed by atoms with Crippen LogP contribution < -0.4 is 10.7 Å². The minimum Gasteiger partial charge on any atom is -0.358 e. The standard InChI is InChI=1S/C17H20N4S/c22-17(21-19-10-12-4-1-2-7-18-12)20-16-9-11-8-15(16)14-6-3-5-13(11)14/h1-4,6-7,10-11,13-16H,5,8-9H2,(H2,20,21,22)/b19-10-. The summed E-state index contributed by atoms with van der Waals surface area (Å²) >= 11 is 5.37. The van der Waals surface area contributed by atoms with Crippen molar-refractivity contribution in [2.24, 2.45) is 28.8 Å². The van der Waals surface area contributed by atoms with Crippen LogP contribution in [0.4, 0.5) is 0 Å². The van der Waals surface area contributed by atoms with Crippen LogP contribution in [0.3, 0.4) is 0 Å². The number of rotatable bonds is 3. The van der Waals surface area contributed by atoms with E-state index in [1.807, 2.05) is 18.2 Å². The van der Waals surface area contributed by atoms with Gasteiger partial charge in [0.1, 0.15) is 0 Å². The van der Waals surface area contributed by atoms with Crippen LogP contribution >= 0.6 is 12.2 Å². The molecule has 2 bridgehead atoms. The molecule has 2 fully saturated rings. The Kier molecular flexibility index (Phi) is 3.66. The molecule has 4 rings (SSSR count). The molecule has 3 aliphatic rings. The summed E-state index contributed by atoms with van der Waals surface area (Å²) in [5, 5.41) is 8.23. The summed E-state index contributed by atoms with van der Waals surface area (Å²) < 4.78 is 0. The smallest absolute Gasteiger partial charge is 0.187 e. The molecule has 5 unspecified atom stereocenters. The topological polar surface area (TPSA) is 49.3 Å². The fraction of sp³-hybridized carbons (Fsp3) is 0.471. The normalized spacial score (nSPS) is 35.0. The average Bonchev–Trinajstić information content (AvgIpc) is 3.20. The zero-order valence-electron chi connectivity index (χ0n) is 12.4. The van der Waals surface area contributed by atoms with Crippen molar-refractivity contribution in [3.63, 3.8) is 0 Å². The van der Waals surface area contributed by atoms with Gasteiger partial charge in [-0.15, -0.1) is 0 Å². The van der Waals surface area contributed by atoms with Gasteiger partial charge >= 0.3 is 0 Å². The maximum Gasteiger partial charge on any atom is 0.187 e. The molecule has 114 valence electrons. The molecule has 1 aromatic heterocycles. The van der Waals surface area contributed by atoms with Gasteiger partial charge in [-0.3, -0.25) is 10.4 Å². The van der Waals surface area contributed by atoms with Gasteiger partial charge in [0.15, 0.2) is 5.11 Å². The second-order valence-corrected chi connectivity index (χ2v) is 6.91. The van der Waals surface area contributed by atoms with Crippen molar-refractivity contribution >= 4 is 23.5 Å². The molecule has 0 aliphatic heterocycles. The van der Waals surface area contributed by atoms with E-state index in [9.17, 15) is 0 Å². The van der Waals surface area contributed by atoms with Crippen LogP contribution in [0, 0.1) is 23.7 Å². The second kappa shape index (κ2) is 5.80. The van der Waals surface area contributed by atoms with Gasteiger partial charge < -0.3 is 5.32 Å². The van der Waals surface area contributed by atoms with E-state index in [0.29, 0.717) is 11.2 Å². The highest BCUT2D eigenvalue weighted by atomic mass is 32.1. The van der Waals surface area contributed by atoms with Gasteiger partial charge in [-0.25, -0.2) is 0 Å². The summed E-state index contributed by atoms with van der Waals surface area (Å²) in [6.45, 7) is 0. The Hall–Kier alpha value is -1.75. The van der Waals surface area contributed by atoms with Gasteiger partial charge in [-0.1, -0.05) is 18.2 Å². The molecule has 3 aliphatic carbocycles. The zero-order chi connectivity index (χ0) is 14.9. The van der Waals surface area contributed by atoms with Gasteiger partial charge in [0.2, 0.25) is 0 Å². The lowest BCUT2D eigenvalue weighted by atomic mass is 9.79. The first-order chi connectivity index (χ1) is 10.8. The van der Waals surface area contributed by atoms with Crippen LogP contribution in [0.2, 0.25) is 0 Å². The van der Waals surface area contributed by atoms with E-state index in [1.165, 1.54) is 19.3 Å². The average molecular weight is 312 g/mol. The first-order valence-corrected chi connectivity index (χ1v) is 8.39. The SMILES string of the molecule is S=C(N/N=C\c1ccccn1)NC1CC2CC1C1C=CCC21. The first kappa shape index (κ1) is 13.9. The number of nitrogens with zero attached hydrogens (tertiary/aromatic N) is 2. The van der Waals surface area contributed by atoms with Gasteiger partial charge in [0.25, 0.3) is 0 Å². The van der Waals surface area contributed by atoms with E-state index < -0.39 is 0 Å². The number of pyridine rings is 1. The summed E-state index contributed by atoms with van der Waals surface area (Å²) in [6, 6.07) is 6.23. The maximum atomic E-state index is 5.37. The zero-order valence-corrected chi connectivity index (χ0v) is 13.2. The molecule has 1 aromatic rings. The number of nitrogens with one attached hydrogen (secondary N) is 2. The molecule has 2 saturated carbocycles. The third kappa shape index (κ3) is 2.54. The molecule has 4 nitrogen and oxygen atoms in total.